The summed E-state index contributed by atoms with van der Waals surface area (Å²) in [7, 11) is 0. The first-order chi connectivity index (χ1) is 25.8. The molecular formula is C37H32F6N6O4S. The molecule has 4 aromatic heterocycles. The zero-order valence-electron chi connectivity index (χ0n) is 28.3. The van der Waals surface area contributed by atoms with Crippen molar-refractivity contribution in [2.45, 2.75) is 37.7 Å². The molecule has 10 nitrogen and oxygen atoms in total. The summed E-state index contributed by atoms with van der Waals surface area (Å²) in [5.74, 6) is -3.01. The van der Waals surface area contributed by atoms with E-state index in [1.54, 1.807) is 51.5 Å². The molecule has 1 unspecified atom stereocenters. The number of amides is 1. The maximum Gasteiger partial charge on any atom is 0.430 e. The van der Waals surface area contributed by atoms with Gasteiger partial charge in [0.25, 0.3) is 5.91 Å². The Bertz CT molecular complexity index is 2230. The number of pyridine rings is 1. The fourth-order valence-corrected chi connectivity index (χ4v) is 6.89. The summed E-state index contributed by atoms with van der Waals surface area (Å²) in [6, 6.07) is 15.1. The van der Waals surface area contributed by atoms with Crippen molar-refractivity contribution in [3.05, 3.63) is 101 Å². The smallest absolute Gasteiger partial charge is 0.430 e. The van der Waals surface area contributed by atoms with Crippen molar-refractivity contribution in [2.24, 2.45) is 0 Å². The van der Waals surface area contributed by atoms with E-state index in [0.29, 0.717) is 28.8 Å². The van der Waals surface area contributed by atoms with E-state index in [0.717, 1.165) is 34.8 Å². The number of nitrogens with one attached hydrogen (secondary N) is 2. The molecule has 2 aromatic carbocycles. The largest absolute Gasteiger partial charge is 0.542 e. The molecule has 1 aliphatic rings. The van der Waals surface area contributed by atoms with Crippen LogP contribution in [0.25, 0.3) is 38.8 Å². The average molecular weight is 771 g/mol. The Kier molecular flexibility index (Phi) is 11.5. The number of carboxylic acids is 1. The van der Waals surface area contributed by atoms with Gasteiger partial charge in [-0.25, -0.2) is 9.50 Å². The second-order valence-corrected chi connectivity index (χ2v) is 13.4. The number of fused-ring (bicyclic) bond motifs is 2. The number of carbonyl (C=O) groups excluding carboxylic acids is 2. The van der Waals surface area contributed by atoms with E-state index in [9.17, 15) is 31.1 Å². The molecule has 7 rings (SSSR count). The summed E-state index contributed by atoms with van der Waals surface area (Å²) in [4.78, 5) is 32.5. The van der Waals surface area contributed by atoms with Crippen molar-refractivity contribution in [1.82, 2.24) is 24.9 Å². The standard InChI is InChI=1S/C35H31F3N6O2S.C2HF3O2/c36-35(37,38)32(28-8-4-6-24-7-5-13-39-31(24)28)42-34(45)30-18-25(22-47-30)29-20-41-44-21-26(19-40-33(29)44)23-9-11-27(12-10-23)46-17-16-43-14-2-1-3-15-43;3-2(4,5)1(6)7/h4-13,18-22,32H,1-3,14-17H2,(H,42,45);(H,6,7). The second-order valence-electron chi connectivity index (χ2n) is 12.5. The molecule has 0 spiro atoms. The number of benzene rings is 2. The fraction of sp³-hybridized carbons (Fsp3) is 0.270. The van der Waals surface area contributed by atoms with Crippen LogP contribution in [-0.2, 0) is 4.79 Å². The molecular weight excluding hydrogens is 739 g/mol. The lowest BCUT2D eigenvalue weighted by molar-refractivity contribution is -0.904. The Balaban J connectivity index is 0.000000649. The molecule has 0 bridgehead atoms. The minimum absolute atomic E-state index is 0.112. The highest BCUT2D eigenvalue weighted by molar-refractivity contribution is 7.12. The van der Waals surface area contributed by atoms with Crippen LogP contribution in [0.4, 0.5) is 26.3 Å². The number of likely N-dealkylation sites (tertiary alicyclic amines) is 1. The number of thiophene rings is 1. The number of quaternary nitrogens is 1. The number of para-hydroxylation sites is 1. The van der Waals surface area contributed by atoms with E-state index in [-0.39, 0.29) is 16.0 Å². The maximum atomic E-state index is 14.2. The number of aliphatic carboxylic acids is 1. The monoisotopic (exact) mass is 770 g/mol. The summed E-state index contributed by atoms with van der Waals surface area (Å²) >= 11 is 1.06. The summed E-state index contributed by atoms with van der Waals surface area (Å²) in [6.07, 6.45) is 0.690. The summed E-state index contributed by atoms with van der Waals surface area (Å²) in [5, 5.41) is 17.7. The van der Waals surface area contributed by atoms with Gasteiger partial charge in [-0.3, -0.25) is 9.78 Å². The van der Waals surface area contributed by atoms with E-state index in [4.69, 9.17) is 14.6 Å². The molecule has 282 valence electrons. The number of carboxylic acid groups (broad SMARTS) is 1. The van der Waals surface area contributed by atoms with Gasteiger partial charge in [0.2, 0.25) is 0 Å². The summed E-state index contributed by atoms with van der Waals surface area (Å²) in [6.45, 7) is 4.15. The number of ether oxygens (including phenoxy) is 1. The van der Waals surface area contributed by atoms with Crippen LogP contribution in [-0.4, -0.2) is 70.1 Å². The van der Waals surface area contributed by atoms with Crippen LogP contribution in [0.2, 0.25) is 0 Å². The van der Waals surface area contributed by atoms with Crippen molar-refractivity contribution in [3.8, 4) is 28.0 Å². The maximum absolute atomic E-state index is 14.2. The van der Waals surface area contributed by atoms with Crippen LogP contribution in [0.3, 0.4) is 0 Å². The minimum Gasteiger partial charge on any atom is -0.542 e. The van der Waals surface area contributed by atoms with Gasteiger partial charge in [-0.05, 0) is 60.0 Å². The van der Waals surface area contributed by atoms with Crippen LogP contribution in [0.15, 0.2) is 90.8 Å². The van der Waals surface area contributed by atoms with Gasteiger partial charge in [0.1, 0.15) is 24.9 Å². The average Bonchev–Trinajstić information content (AvgIpc) is 3.81. The van der Waals surface area contributed by atoms with Crippen molar-refractivity contribution in [3.63, 3.8) is 0 Å². The van der Waals surface area contributed by atoms with Crippen LogP contribution in [0.1, 0.15) is 40.5 Å². The second kappa shape index (κ2) is 16.2. The van der Waals surface area contributed by atoms with Crippen LogP contribution < -0.4 is 20.1 Å². The molecule has 6 aromatic rings. The van der Waals surface area contributed by atoms with E-state index >= 15 is 0 Å². The van der Waals surface area contributed by atoms with Gasteiger partial charge in [0.05, 0.1) is 29.7 Å². The lowest BCUT2D eigenvalue weighted by atomic mass is 10.0. The van der Waals surface area contributed by atoms with Crippen molar-refractivity contribution >= 4 is 39.8 Å². The third-order valence-electron chi connectivity index (χ3n) is 8.77. The zero-order valence-corrected chi connectivity index (χ0v) is 29.1. The highest BCUT2D eigenvalue weighted by Crippen LogP contribution is 2.37. The van der Waals surface area contributed by atoms with Crippen molar-refractivity contribution in [1.29, 1.82) is 0 Å². The number of aromatic nitrogens is 4. The fourth-order valence-electron chi connectivity index (χ4n) is 6.08. The van der Waals surface area contributed by atoms with Crippen molar-refractivity contribution in [2.75, 3.05) is 26.2 Å². The van der Waals surface area contributed by atoms with E-state index < -0.39 is 30.3 Å². The quantitative estimate of drug-likeness (QED) is 0.187. The van der Waals surface area contributed by atoms with E-state index in [1.165, 1.54) is 50.7 Å². The number of alkyl halides is 6. The lowest BCUT2D eigenvalue weighted by Crippen LogP contribution is -3.13. The highest BCUT2D eigenvalue weighted by atomic mass is 32.1. The topological polar surface area (TPSA) is 126 Å². The third kappa shape index (κ3) is 9.14. The molecule has 1 amide bonds. The van der Waals surface area contributed by atoms with Crippen molar-refractivity contribution < 1.29 is 50.7 Å². The molecule has 1 saturated heterocycles. The van der Waals surface area contributed by atoms with Gasteiger partial charge in [-0.15, -0.1) is 11.3 Å². The van der Waals surface area contributed by atoms with Crippen LogP contribution in [0.5, 0.6) is 5.75 Å². The Hall–Kier alpha value is -5.55. The van der Waals surface area contributed by atoms with Gasteiger partial charge in [-0.1, -0.05) is 36.4 Å². The van der Waals surface area contributed by atoms with Gasteiger partial charge in [0.15, 0.2) is 11.7 Å². The lowest BCUT2D eigenvalue weighted by Gasteiger charge is -2.23. The number of piperidine rings is 1. The predicted molar refractivity (Wildman–Crippen MR) is 186 cm³/mol. The Morgan fingerprint density at radius 3 is 2.35 bits per heavy atom. The molecule has 17 heteroatoms. The molecule has 54 heavy (non-hydrogen) atoms. The van der Waals surface area contributed by atoms with Gasteiger partial charge >= 0.3 is 12.4 Å². The normalized spacial score (nSPS) is 14.3. The number of rotatable bonds is 9. The van der Waals surface area contributed by atoms with E-state index in [1.807, 2.05) is 30.5 Å². The number of halogens is 6. The van der Waals surface area contributed by atoms with Gasteiger partial charge in [0, 0.05) is 40.7 Å². The molecule has 1 fully saturated rings. The molecule has 5 heterocycles. The first-order valence-corrected chi connectivity index (χ1v) is 17.6. The Labute approximate surface area is 308 Å². The van der Waals surface area contributed by atoms with Crippen LogP contribution >= 0.6 is 11.3 Å². The van der Waals surface area contributed by atoms with Crippen LogP contribution in [0, 0.1) is 0 Å². The molecule has 2 N–H and O–H groups in total. The van der Waals surface area contributed by atoms with Gasteiger partial charge in [-0.2, -0.15) is 31.4 Å². The molecule has 1 atom stereocenters. The summed E-state index contributed by atoms with van der Waals surface area (Å²) < 4.78 is 81.9. The molecule has 0 aliphatic carbocycles. The van der Waals surface area contributed by atoms with E-state index in [2.05, 4.69) is 20.4 Å². The zero-order chi connectivity index (χ0) is 38.5. The molecule has 0 saturated carbocycles. The number of hydrogen-bond acceptors (Lipinski definition) is 8. The minimum atomic E-state index is -5.19. The number of carbonyl (C=O) groups is 2. The Morgan fingerprint density at radius 1 is 0.926 bits per heavy atom. The molecule has 1 aliphatic heterocycles. The third-order valence-corrected chi connectivity index (χ3v) is 9.70. The number of hydrogen-bond donors (Lipinski definition) is 2. The summed E-state index contributed by atoms with van der Waals surface area (Å²) in [5.41, 5.74) is 3.77. The first kappa shape index (κ1) is 38.2. The predicted octanol–water partition coefficient (Wildman–Crippen LogP) is 5.45. The Morgan fingerprint density at radius 2 is 1.65 bits per heavy atom. The molecule has 0 radical (unpaired) electrons. The number of nitrogens with zero attached hydrogens (tertiary/aromatic N) is 4. The highest BCUT2D eigenvalue weighted by Gasteiger charge is 2.43. The first-order valence-electron chi connectivity index (χ1n) is 16.8. The van der Waals surface area contributed by atoms with Gasteiger partial charge < -0.3 is 24.9 Å². The SMILES string of the molecule is O=C(NC(c1cccc2cccnc12)C(F)(F)F)c1cc(-c2cnn3cc(-c4ccc(OCC[NH+]5CCCCC5)cc4)cnc23)cs1.O=C([O-])C(F)(F)F.